The van der Waals surface area contributed by atoms with Crippen molar-refractivity contribution in [2.75, 3.05) is 6.54 Å². The molecule has 3 aromatic rings. The van der Waals surface area contributed by atoms with Crippen molar-refractivity contribution in [1.29, 1.82) is 0 Å². The zero-order valence-corrected chi connectivity index (χ0v) is 15.0. The van der Waals surface area contributed by atoms with Crippen LogP contribution >= 0.6 is 11.3 Å². The molecular formula is C17H20N4O2S. The Hall–Kier alpha value is -2.41. The summed E-state index contributed by atoms with van der Waals surface area (Å²) < 4.78 is 7.04. The molecule has 126 valence electrons. The van der Waals surface area contributed by atoms with Gasteiger partial charge in [-0.2, -0.15) is 5.10 Å². The summed E-state index contributed by atoms with van der Waals surface area (Å²) in [5.74, 6) is 0.359. The molecule has 1 unspecified atom stereocenters. The lowest BCUT2D eigenvalue weighted by Crippen LogP contribution is -2.32. The molecule has 1 amide bonds. The molecule has 0 spiro atoms. The third-order valence-corrected chi connectivity index (χ3v) is 4.90. The molecule has 6 nitrogen and oxygen atoms in total. The van der Waals surface area contributed by atoms with E-state index in [9.17, 15) is 4.79 Å². The SMILES string of the molecule is Cc1cc(C)n(C(CNC(=O)c2c(C)noc2C)c2cccs2)n1. The van der Waals surface area contributed by atoms with E-state index in [1.807, 2.05) is 36.0 Å². The van der Waals surface area contributed by atoms with E-state index in [4.69, 9.17) is 4.52 Å². The van der Waals surface area contributed by atoms with Crippen LogP contribution in [-0.2, 0) is 0 Å². The summed E-state index contributed by atoms with van der Waals surface area (Å²) in [6.45, 7) is 7.95. The standard InChI is InChI=1S/C17H20N4O2S/c1-10-8-11(2)21(19-10)14(15-6-5-7-24-15)9-18-17(22)16-12(3)20-23-13(16)4/h5-8,14H,9H2,1-4H3,(H,18,22). The molecule has 1 atom stereocenters. The molecule has 7 heteroatoms. The molecular weight excluding hydrogens is 324 g/mol. The molecule has 24 heavy (non-hydrogen) atoms. The molecule has 0 aromatic carbocycles. The first-order valence-corrected chi connectivity index (χ1v) is 8.62. The highest BCUT2D eigenvalue weighted by Gasteiger charge is 2.22. The third kappa shape index (κ3) is 3.12. The highest BCUT2D eigenvalue weighted by atomic mass is 32.1. The maximum absolute atomic E-state index is 12.5. The van der Waals surface area contributed by atoms with Crippen molar-refractivity contribution in [3.63, 3.8) is 0 Å². The van der Waals surface area contributed by atoms with Crippen LogP contribution in [0, 0.1) is 27.7 Å². The zero-order valence-electron chi connectivity index (χ0n) is 14.2. The molecule has 1 N–H and O–H groups in total. The first kappa shape index (κ1) is 16.4. The van der Waals surface area contributed by atoms with Crippen molar-refractivity contribution in [2.45, 2.75) is 33.7 Å². The van der Waals surface area contributed by atoms with Gasteiger partial charge in [-0.05, 0) is 45.2 Å². The molecule has 0 aliphatic heterocycles. The summed E-state index contributed by atoms with van der Waals surface area (Å²) in [5.41, 5.74) is 3.14. The number of rotatable bonds is 5. The number of carbonyl (C=O) groups is 1. The molecule has 3 aromatic heterocycles. The van der Waals surface area contributed by atoms with Crippen molar-refractivity contribution in [3.8, 4) is 0 Å². The first-order chi connectivity index (χ1) is 11.5. The third-order valence-electron chi connectivity index (χ3n) is 3.93. The Balaban J connectivity index is 1.83. The van der Waals surface area contributed by atoms with E-state index < -0.39 is 0 Å². The van der Waals surface area contributed by atoms with Crippen molar-refractivity contribution in [3.05, 3.63) is 56.9 Å². The Labute approximate surface area is 144 Å². The Morgan fingerprint density at radius 3 is 2.71 bits per heavy atom. The molecule has 3 rings (SSSR count). The number of hydrogen-bond acceptors (Lipinski definition) is 5. The van der Waals surface area contributed by atoms with Gasteiger partial charge in [0.15, 0.2) is 0 Å². The van der Waals surface area contributed by atoms with E-state index in [0.29, 0.717) is 23.6 Å². The number of aryl methyl sites for hydroxylation is 4. The van der Waals surface area contributed by atoms with Crippen molar-refractivity contribution < 1.29 is 9.32 Å². The first-order valence-electron chi connectivity index (χ1n) is 7.74. The fourth-order valence-electron chi connectivity index (χ4n) is 2.83. The Kier molecular flexibility index (Phi) is 4.53. The highest BCUT2D eigenvalue weighted by Crippen LogP contribution is 2.24. The Bertz CT molecular complexity index is 829. The molecule has 0 saturated carbocycles. The normalized spacial score (nSPS) is 12.3. The van der Waals surface area contributed by atoms with Gasteiger partial charge in [-0.25, -0.2) is 0 Å². The topological polar surface area (TPSA) is 73.0 Å². The average molecular weight is 344 g/mol. The van der Waals surface area contributed by atoms with Gasteiger partial charge in [0.1, 0.15) is 17.4 Å². The van der Waals surface area contributed by atoms with Crippen LogP contribution in [0.3, 0.4) is 0 Å². The number of hydrogen-bond donors (Lipinski definition) is 1. The van der Waals surface area contributed by atoms with Crippen LogP contribution in [-0.4, -0.2) is 27.4 Å². The second-order valence-electron chi connectivity index (χ2n) is 5.81. The van der Waals surface area contributed by atoms with Crippen LogP contribution in [0.25, 0.3) is 0 Å². The van der Waals surface area contributed by atoms with Crippen molar-refractivity contribution >= 4 is 17.2 Å². The van der Waals surface area contributed by atoms with Gasteiger partial charge in [-0.1, -0.05) is 11.2 Å². The summed E-state index contributed by atoms with van der Waals surface area (Å²) in [5, 5.41) is 13.5. The maximum Gasteiger partial charge on any atom is 0.256 e. The molecule has 0 radical (unpaired) electrons. The minimum Gasteiger partial charge on any atom is -0.361 e. The molecule has 0 saturated heterocycles. The monoisotopic (exact) mass is 344 g/mol. The van der Waals surface area contributed by atoms with E-state index in [-0.39, 0.29) is 11.9 Å². The van der Waals surface area contributed by atoms with E-state index >= 15 is 0 Å². The van der Waals surface area contributed by atoms with Gasteiger partial charge in [0.2, 0.25) is 0 Å². The zero-order chi connectivity index (χ0) is 17.3. The summed E-state index contributed by atoms with van der Waals surface area (Å²) in [6, 6.07) is 6.07. The van der Waals surface area contributed by atoms with Crippen molar-refractivity contribution in [1.82, 2.24) is 20.3 Å². The van der Waals surface area contributed by atoms with Crippen LogP contribution in [0.1, 0.15) is 44.1 Å². The molecule has 0 bridgehead atoms. The van der Waals surface area contributed by atoms with E-state index in [1.165, 1.54) is 0 Å². The number of aromatic nitrogens is 3. The van der Waals surface area contributed by atoms with Gasteiger partial charge in [-0.3, -0.25) is 9.48 Å². The van der Waals surface area contributed by atoms with Gasteiger partial charge in [-0.15, -0.1) is 11.3 Å². The number of carbonyl (C=O) groups excluding carboxylic acids is 1. The lowest BCUT2D eigenvalue weighted by Gasteiger charge is -2.19. The van der Waals surface area contributed by atoms with Gasteiger partial charge in [0.05, 0.1) is 11.4 Å². The van der Waals surface area contributed by atoms with Crippen LogP contribution in [0.4, 0.5) is 0 Å². The summed E-state index contributed by atoms with van der Waals surface area (Å²) >= 11 is 1.66. The second kappa shape index (κ2) is 6.60. The average Bonchev–Trinajstić information content (AvgIpc) is 3.23. The lowest BCUT2D eigenvalue weighted by molar-refractivity contribution is 0.0947. The Morgan fingerprint density at radius 2 is 2.17 bits per heavy atom. The predicted molar refractivity (Wildman–Crippen MR) is 92.5 cm³/mol. The number of nitrogens with zero attached hydrogens (tertiary/aromatic N) is 3. The summed E-state index contributed by atoms with van der Waals surface area (Å²) in [6.07, 6.45) is 0. The fraction of sp³-hybridized carbons (Fsp3) is 0.353. The van der Waals surface area contributed by atoms with Gasteiger partial charge < -0.3 is 9.84 Å². The Morgan fingerprint density at radius 1 is 1.38 bits per heavy atom. The minimum absolute atomic E-state index is 0.0388. The van der Waals surface area contributed by atoms with Crippen LogP contribution in [0.15, 0.2) is 28.1 Å². The van der Waals surface area contributed by atoms with Gasteiger partial charge in [0.25, 0.3) is 5.91 Å². The minimum atomic E-state index is -0.172. The van der Waals surface area contributed by atoms with Crippen LogP contribution in [0.5, 0.6) is 0 Å². The summed E-state index contributed by atoms with van der Waals surface area (Å²) in [4.78, 5) is 13.7. The van der Waals surface area contributed by atoms with Crippen molar-refractivity contribution in [2.24, 2.45) is 0 Å². The number of thiophene rings is 1. The van der Waals surface area contributed by atoms with Gasteiger partial charge >= 0.3 is 0 Å². The highest BCUT2D eigenvalue weighted by molar-refractivity contribution is 7.10. The van der Waals surface area contributed by atoms with Crippen LogP contribution in [0.2, 0.25) is 0 Å². The fourth-order valence-corrected chi connectivity index (χ4v) is 3.65. The quantitative estimate of drug-likeness (QED) is 0.771. The number of nitrogens with one attached hydrogen (secondary N) is 1. The molecule has 0 aliphatic rings. The lowest BCUT2D eigenvalue weighted by atomic mass is 10.1. The molecule has 3 heterocycles. The molecule has 0 aliphatic carbocycles. The van der Waals surface area contributed by atoms with E-state index in [0.717, 1.165) is 16.3 Å². The second-order valence-corrected chi connectivity index (χ2v) is 6.79. The molecule has 0 fully saturated rings. The smallest absolute Gasteiger partial charge is 0.256 e. The summed E-state index contributed by atoms with van der Waals surface area (Å²) in [7, 11) is 0. The largest absolute Gasteiger partial charge is 0.361 e. The maximum atomic E-state index is 12.5. The predicted octanol–water partition coefficient (Wildman–Crippen LogP) is 3.19. The van der Waals surface area contributed by atoms with E-state index in [2.05, 4.69) is 21.6 Å². The van der Waals surface area contributed by atoms with E-state index in [1.54, 1.807) is 25.2 Å². The van der Waals surface area contributed by atoms with Gasteiger partial charge in [0, 0.05) is 17.1 Å². The van der Waals surface area contributed by atoms with Crippen LogP contribution < -0.4 is 5.32 Å². The number of amides is 1.